The molecule has 0 aromatic heterocycles. The van der Waals surface area contributed by atoms with Crippen LogP contribution in [0.2, 0.25) is 0 Å². The molecule has 0 aliphatic heterocycles. The van der Waals surface area contributed by atoms with Crippen molar-refractivity contribution >= 4 is 28.2 Å². The lowest BCUT2D eigenvalue weighted by Crippen LogP contribution is -2.43. The number of nitrogens with zero attached hydrogens (tertiary/aromatic N) is 1. The molecule has 5 heteroatoms. The molecule has 0 saturated heterocycles. The molecule has 3 aromatic carbocycles. The average molecular weight is 361 g/mol. The Labute approximate surface area is 158 Å². The topological polar surface area (TPSA) is 73.7 Å². The first-order chi connectivity index (χ1) is 12.9. The van der Waals surface area contributed by atoms with E-state index in [-0.39, 0.29) is 6.03 Å². The van der Waals surface area contributed by atoms with Gasteiger partial charge in [0.1, 0.15) is 0 Å². The van der Waals surface area contributed by atoms with Gasteiger partial charge in [-0.2, -0.15) is 0 Å². The molecular formula is C22H23N3O2. The van der Waals surface area contributed by atoms with Gasteiger partial charge >= 0.3 is 6.03 Å². The van der Waals surface area contributed by atoms with E-state index < -0.39 is 5.54 Å². The van der Waals surface area contributed by atoms with E-state index in [9.17, 15) is 4.79 Å². The van der Waals surface area contributed by atoms with Crippen LogP contribution in [0, 0.1) is 0 Å². The number of urea groups is 1. The highest BCUT2D eigenvalue weighted by atomic mass is 16.4. The normalized spacial score (nSPS) is 12.0. The molecule has 0 unspecified atom stereocenters. The van der Waals surface area contributed by atoms with E-state index in [1.165, 1.54) is 0 Å². The Morgan fingerprint density at radius 2 is 1.70 bits per heavy atom. The van der Waals surface area contributed by atoms with Gasteiger partial charge in [-0.1, -0.05) is 53.7 Å². The van der Waals surface area contributed by atoms with Gasteiger partial charge in [0, 0.05) is 5.69 Å². The highest BCUT2D eigenvalue weighted by Gasteiger charge is 2.23. The summed E-state index contributed by atoms with van der Waals surface area (Å²) in [7, 11) is 0. The van der Waals surface area contributed by atoms with E-state index in [0.29, 0.717) is 5.71 Å². The minimum atomic E-state index is -0.604. The van der Waals surface area contributed by atoms with E-state index in [1.54, 1.807) is 6.92 Å². The van der Waals surface area contributed by atoms with Crippen molar-refractivity contribution in [2.75, 3.05) is 5.32 Å². The van der Waals surface area contributed by atoms with Crippen LogP contribution in [0.3, 0.4) is 0 Å². The first kappa shape index (κ1) is 18.5. The van der Waals surface area contributed by atoms with Crippen molar-refractivity contribution in [3.05, 3.63) is 77.9 Å². The lowest BCUT2D eigenvalue weighted by Gasteiger charge is -2.27. The zero-order valence-corrected chi connectivity index (χ0v) is 15.7. The first-order valence-corrected chi connectivity index (χ1v) is 8.76. The van der Waals surface area contributed by atoms with Crippen molar-refractivity contribution in [2.45, 2.75) is 26.3 Å². The molecule has 0 bridgehead atoms. The summed E-state index contributed by atoms with van der Waals surface area (Å²) in [4.78, 5) is 12.5. The Balaban J connectivity index is 1.75. The van der Waals surface area contributed by atoms with E-state index in [1.807, 2.05) is 80.6 Å². The summed E-state index contributed by atoms with van der Waals surface area (Å²) in [6.45, 7) is 5.58. The van der Waals surface area contributed by atoms with Crippen LogP contribution in [0.4, 0.5) is 10.5 Å². The number of anilines is 1. The fourth-order valence-corrected chi connectivity index (χ4v) is 2.98. The van der Waals surface area contributed by atoms with Crippen LogP contribution in [0.5, 0.6) is 0 Å². The van der Waals surface area contributed by atoms with Gasteiger partial charge in [-0.25, -0.2) is 4.79 Å². The zero-order chi connectivity index (χ0) is 19.4. The van der Waals surface area contributed by atoms with Crippen LogP contribution in [0.1, 0.15) is 31.9 Å². The highest BCUT2D eigenvalue weighted by Crippen LogP contribution is 2.23. The summed E-state index contributed by atoms with van der Waals surface area (Å²) < 4.78 is 0. The summed E-state index contributed by atoms with van der Waals surface area (Å²) in [6.07, 6.45) is 0. The van der Waals surface area contributed by atoms with Gasteiger partial charge in [-0.3, -0.25) is 0 Å². The Kier molecular flexibility index (Phi) is 5.12. The predicted molar refractivity (Wildman–Crippen MR) is 110 cm³/mol. The molecule has 3 rings (SSSR count). The summed E-state index contributed by atoms with van der Waals surface area (Å²) in [5.74, 6) is 0. The lowest BCUT2D eigenvalue weighted by atomic mass is 9.92. The molecule has 0 spiro atoms. The Hall–Kier alpha value is -3.34. The molecule has 27 heavy (non-hydrogen) atoms. The number of amides is 2. The maximum atomic E-state index is 12.5. The molecule has 0 fully saturated rings. The predicted octanol–water partition coefficient (Wildman–Crippen LogP) is 5.09. The first-order valence-electron chi connectivity index (χ1n) is 8.76. The Morgan fingerprint density at radius 1 is 0.963 bits per heavy atom. The number of benzene rings is 3. The summed E-state index contributed by atoms with van der Waals surface area (Å²) in [5, 5.41) is 20.3. The van der Waals surface area contributed by atoms with Crippen LogP contribution in [-0.2, 0) is 5.54 Å². The number of carbonyl (C=O) groups is 1. The fourth-order valence-electron chi connectivity index (χ4n) is 2.98. The molecule has 3 N–H and O–H groups in total. The van der Waals surface area contributed by atoms with Crippen LogP contribution < -0.4 is 10.6 Å². The summed E-state index contributed by atoms with van der Waals surface area (Å²) in [6, 6.07) is 21.1. The SMILES string of the molecule is C/C(=N\O)c1cccc(C(C)(C)NC(=O)Nc2ccc3ccccc3c2)c1. The molecule has 5 nitrogen and oxygen atoms in total. The van der Waals surface area contributed by atoms with Crippen LogP contribution in [0.25, 0.3) is 10.8 Å². The van der Waals surface area contributed by atoms with Gasteiger partial charge in [-0.05, 0) is 60.9 Å². The van der Waals surface area contributed by atoms with Gasteiger partial charge in [0.25, 0.3) is 0 Å². The minimum Gasteiger partial charge on any atom is -0.411 e. The van der Waals surface area contributed by atoms with E-state index >= 15 is 0 Å². The van der Waals surface area contributed by atoms with Crippen molar-refractivity contribution in [1.29, 1.82) is 0 Å². The molecule has 0 aliphatic rings. The summed E-state index contributed by atoms with van der Waals surface area (Å²) in [5.41, 5.74) is 2.37. The lowest BCUT2D eigenvalue weighted by molar-refractivity contribution is 0.242. The third-order valence-corrected chi connectivity index (χ3v) is 4.59. The number of hydrogen-bond donors (Lipinski definition) is 3. The molecular weight excluding hydrogens is 338 g/mol. The Bertz CT molecular complexity index is 1010. The molecule has 0 saturated carbocycles. The number of rotatable bonds is 4. The Morgan fingerprint density at radius 3 is 2.44 bits per heavy atom. The summed E-state index contributed by atoms with van der Waals surface area (Å²) >= 11 is 0. The van der Waals surface area contributed by atoms with Crippen LogP contribution >= 0.6 is 0 Å². The average Bonchev–Trinajstić information content (AvgIpc) is 2.67. The van der Waals surface area contributed by atoms with Crippen LogP contribution in [-0.4, -0.2) is 17.0 Å². The third kappa shape index (κ3) is 4.26. The molecule has 0 aliphatic carbocycles. The second-order valence-corrected chi connectivity index (χ2v) is 7.03. The van der Waals surface area contributed by atoms with E-state index in [0.717, 1.165) is 27.6 Å². The van der Waals surface area contributed by atoms with Crippen molar-refractivity contribution < 1.29 is 10.0 Å². The number of oxime groups is 1. The van der Waals surface area contributed by atoms with Crippen LogP contribution in [0.15, 0.2) is 71.9 Å². The van der Waals surface area contributed by atoms with E-state index in [2.05, 4.69) is 15.8 Å². The zero-order valence-electron chi connectivity index (χ0n) is 15.7. The molecule has 0 heterocycles. The number of hydrogen-bond acceptors (Lipinski definition) is 3. The number of carbonyl (C=O) groups excluding carboxylic acids is 1. The number of nitrogens with one attached hydrogen (secondary N) is 2. The van der Waals surface area contributed by atoms with Crippen molar-refractivity contribution in [3.63, 3.8) is 0 Å². The largest absolute Gasteiger partial charge is 0.411 e. The third-order valence-electron chi connectivity index (χ3n) is 4.59. The van der Waals surface area contributed by atoms with Gasteiger partial charge in [0.15, 0.2) is 0 Å². The van der Waals surface area contributed by atoms with Gasteiger partial charge < -0.3 is 15.8 Å². The quantitative estimate of drug-likeness (QED) is 0.344. The second-order valence-electron chi connectivity index (χ2n) is 7.03. The molecule has 138 valence electrons. The van der Waals surface area contributed by atoms with Crippen molar-refractivity contribution in [1.82, 2.24) is 5.32 Å². The maximum Gasteiger partial charge on any atom is 0.319 e. The van der Waals surface area contributed by atoms with E-state index in [4.69, 9.17) is 5.21 Å². The van der Waals surface area contributed by atoms with Gasteiger partial charge in [0.2, 0.25) is 0 Å². The van der Waals surface area contributed by atoms with Gasteiger partial charge in [-0.15, -0.1) is 0 Å². The highest BCUT2D eigenvalue weighted by molar-refractivity contribution is 5.98. The molecule has 0 atom stereocenters. The molecule has 3 aromatic rings. The maximum absolute atomic E-state index is 12.5. The smallest absolute Gasteiger partial charge is 0.319 e. The van der Waals surface area contributed by atoms with Gasteiger partial charge in [0.05, 0.1) is 11.3 Å². The number of fused-ring (bicyclic) bond motifs is 1. The fraction of sp³-hybridized carbons (Fsp3) is 0.182. The minimum absolute atomic E-state index is 0.284. The monoisotopic (exact) mass is 361 g/mol. The van der Waals surface area contributed by atoms with Crippen molar-refractivity contribution in [3.8, 4) is 0 Å². The van der Waals surface area contributed by atoms with Crippen molar-refractivity contribution in [2.24, 2.45) is 5.16 Å². The molecule has 0 radical (unpaired) electrons. The molecule has 2 amide bonds. The standard InChI is InChI=1S/C22H23N3O2/c1-15(25-27)17-9-6-10-19(13-17)22(2,3)24-21(26)23-20-12-11-16-7-4-5-8-18(16)14-20/h4-14,27H,1-3H3,(H2,23,24,26)/b25-15+. The second kappa shape index (κ2) is 7.50.